The molecule has 2 atom stereocenters. The van der Waals surface area contributed by atoms with Gasteiger partial charge < -0.3 is 14.8 Å². The number of H-pyrrole nitrogens is 1. The lowest BCUT2D eigenvalue weighted by Gasteiger charge is -2.35. The van der Waals surface area contributed by atoms with E-state index in [1.165, 1.54) is 0 Å². The van der Waals surface area contributed by atoms with Crippen molar-refractivity contribution < 1.29 is 9.59 Å². The van der Waals surface area contributed by atoms with E-state index in [0.29, 0.717) is 13.1 Å². The van der Waals surface area contributed by atoms with Gasteiger partial charge in [0.15, 0.2) is 0 Å². The molecule has 0 radical (unpaired) electrons. The Morgan fingerprint density at radius 2 is 1.96 bits per heavy atom. The van der Waals surface area contributed by atoms with Gasteiger partial charge in [-0.15, -0.1) is 0 Å². The fraction of sp³-hybridized carbons (Fsp3) is 0.526. The smallest absolute Gasteiger partial charge is 0.245 e. The van der Waals surface area contributed by atoms with Crippen LogP contribution in [0.4, 0.5) is 0 Å². The van der Waals surface area contributed by atoms with E-state index in [0.717, 1.165) is 49.1 Å². The minimum Gasteiger partial charge on any atom is -0.342 e. The van der Waals surface area contributed by atoms with Crippen LogP contribution in [0.3, 0.4) is 0 Å². The summed E-state index contributed by atoms with van der Waals surface area (Å²) >= 11 is 0. The lowest BCUT2D eigenvalue weighted by Crippen LogP contribution is -2.49. The van der Waals surface area contributed by atoms with Crippen LogP contribution in [0.15, 0.2) is 24.3 Å². The number of benzene rings is 1. The minimum atomic E-state index is -0.271. The Morgan fingerprint density at radius 1 is 1.16 bits per heavy atom. The molecule has 1 aromatic heterocycles. The number of fused-ring (bicyclic) bond motifs is 1. The van der Waals surface area contributed by atoms with Crippen LogP contribution in [0, 0.1) is 0 Å². The summed E-state index contributed by atoms with van der Waals surface area (Å²) in [7, 11) is 0. The van der Waals surface area contributed by atoms with Crippen molar-refractivity contribution in [2.45, 2.75) is 44.6 Å². The van der Waals surface area contributed by atoms with E-state index in [1.807, 2.05) is 29.2 Å². The molecule has 4 rings (SSSR count). The van der Waals surface area contributed by atoms with Gasteiger partial charge in [0, 0.05) is 32.5 Å². The summed E-state index contributed by atoms with van der Waals surface area (Å²) in [5.41, 5.74) is 2.01. The number of likely N-dealkylation sites (tertiary alicyclic amines) is 2. The Morgan fingerprint density at radius 3 is 2.76 bits per heavy atom. The zero-order valence-corrected chi connectivity index (χ0v) is 14.6. The highest BCUT2D eigenvalue weighted by Crippen LogP contribution is 2.28. The largest absolute Gasteiger partial charge is 0.342 e. The summed E-state index contributed by atoms with van der Waals surface area (Å²) in [5, 5.41) is 0. The molecule has 0 spiro atoms. The fourth-order valence-electron chi connectivity index (χ4n) is 4.18. The molecule has 3 heterocycles. The van der Waals surface area contributed by atoms with Crippen LogP contribution in [0.5, 0.6) is 0 Å². The summed E-state index contributed by atoms with van der Waals surface area (Å²) in [5.74, 6) is 1.31. The number of piperidine rings is 1. The molecule has 0 bridgehead atoms. The molecular weight excluding hydrogens is 316 g/mol. The lowest BCUT2D eigenvalue weighted by molar-refractivity contribution is -0.143. The highest BCUT2D eigenvalue weighted by molar-refractivity contribution is 5.87. The zero-order valence-electron chi connectivity index (χ0n) is 14.6. The third kappa shape index (κ3) is 3.01. The number of nitrogens with one attached hydrogen (secondary N) is 1. The Balaban J connectivity index is 1.50. The molecule has 2 aliphatic rings. The number of nitrogens with zero attached hydrogens (tertiary/aromatic N) is 3. The zero-order chi connectivity index (χ0) is 17.4. The molecule has 6 heteroatoms. The summed E-state index contributed by atoms with van der Waals surface area (Å²) in [6.45, 7) is 3.71. The molecule has 1 aromatic carbocycles. The predicted molar refractivity (Wildman–Crippen MR) is 95.1 cm³/mol. The lowest BCUT2D eigenvalue weighted by atomic mass is 9.96. The van der Waals surface area contributed by atoms with Gasteiger partial charge in [-0.3, -0.25) is 9.59 Å². The van der Waals surface area contributed by atoms with E-state index in [1.54, 1.807) is 11.8 Å². The number of para-hydroxylation sites is 2. The van der Waals surface area contributed by atoms with Crippen molar-refractivity contribution in [3.05, 3.63) is 30.1 Å². The third-order valence-corrected chi connectivity index (χ3v) is 5.47. The van der Waals surface area contributed by atoms with Crippen LogP contribution in [-0.4, -0.2) is 57.3 Å². The second-order valence-electron chi connectivity index (χ2n) is 7.13. The number of amides is 2. The summed E-state index contributed by atoms with van der Waals surface area (Å²) < 4.78 is 0. The number of aromatic nitrogens is 2. The number of imidazole rings is 1. The Labute approximate surface area is 147 Å². The molecule has 0 saturated carbocycles. The number of carbonyl (C=O) groups is 2. The van der Waals surface area contributed by atoms with Crippen LogP contribution in [0.1, 0.15) is 44.3 Å². The monoisotopic (exact) mass is 340 g/mol. The summed E-state index contributed by atoms with van der Waals surface area (Å²) in [6, 6.07) is 7.75. The van der Waals surface area contributed by atoms with E-state index in [2.05, 4.69) is 4.98 Å². The Kier molecular flexibility index (Phi) is 4.19. The molecular formula is C19H24N4O2. The van der Waals surface area contributed by atoms with Gasteiger partial charge in [-0.2, -0.15) is 0 Å². The molecule has 2 aliphatic heterocycles. The molecule has 25 heavy (non-hydrogen) atoms. The van der Waals surface area contributed by atoms with Gasteiger partial charge in [0.2, 0.25) is 11.8 Å². The molecule has 6 nitrogen and oxygen atoms in total. The quantitative estimate of drug-likeness (QED) is 0.912. The van der Waals surface area contributed by atoms with Crippen molar-refractivity contribution in [2.24, 2.45) is 0 Å². The van der Waals surface area contributed by atoms with Gasteiger partial charge in [0.25, 0.3) is 0 Å². The SMILES string of the molecule is CC(=O)N1CCC[C@@H]1C(=O)N1CCC[C@@H](c2nc3ccccc3[nH]2)C1. The van der Waals surface area contributed by atoms with Crippen LogP contribution >= 0.6 is 0 Å². The van der Waals surface area contributed by atoms with Crippen LogP contribution < -0.4 is 0 Å². The van der Waals surface area contributed by atoms with Crippen molar-refractivity contribution >= 4 is 22.8 Å². The molecule has 2 aromatic rings. The Hall–Kier alpha value is -2.37. The molecule has 2 saturated heterocycles. The van der Waals surface area contributed by atoms with Crippen LogP contribution in [0.25, 0.3) is 11.0 Å². The van der Waals surface area contributed by atoms with Gasteiger partial charge in [-0.25, -0.2) is 4.98 Å². The van der Waals surface area contributed by atoms with E-state index >= 15 is 0 Å². The van der Waals surface area contributed by atoms with Crippen molar-refractivity contribution in [1.29, 1.82) is 0 Å². The second kappa shape index (κ2) is 6.50. The van der Waals surface area contributed by atoms with Crippen molar-refractivity contribution in [2.75, 3.05) is 19.6 Å². The number of carbonyl (C=O) groups excluding carboxylic acids is 2. The van der Waals surface area contributed by atoms with Gasteiger partial charge in [0.05, 0.1) is 11.0 Å². The first-order chi connectivity index (χ1) is 12.1. The van der Waals surface area contributed by atoms with E-state index in [9.17, 15) is 9.59 Å². The van der Waals surface area contributed by atoms with Crippen LogP contribution in [0.2, 0.25) is 0 Å². The number of hydrogen-bond donors (Lipinski definition) is 1. The normalized spacial score (nSPS) is 24.0. The highest BCUT2D eigenvalue weighted by atomic mass is 16.2. The Bertz CT molecular complexity index is 767. The molecule has 0 aliphatic carbocycles. The van der Waals surface area contributed by atoms with E-state index < -0.39 is 0 Å². The molecule has 2 amide bonds. The average molecular weight is 340 g/mol. The van der Waals surface area contributed by atoms with Crippen molar-refractivity contribution in [1.82, 2.24) is 19.8 Å². The first kappa shape index (κ1) is 16.1. The average Bonchev–Trinajstić information content (AvgIpc) is 3.28. The molecule has 1 N–H and O–H groups in total. The molecule has 2 fully saturated rings. The molecule has 132 valence electrons. The molecule has 0 unspecified atom stereocenters. The van der Waals surface area contributed by atoms with Crippen molar-refractivity contribution in [3.63, 3.8) is 0 Å². The standard InChI is InChI=1S/C19H24N4O2/c1-13(24)23-11-5-9-17(23)19(25)22-10-4-6-14(12-22)18-20-15-7-2-3-8-16(15)21-18/h2-3,7-8,14,17H,4-6,9-12H2,1H3,(H,20,21)/t14-,17-/m1/s1. The van der Waals surface area contributed by atoms with Gasteiger partial charge in [0.1, 0.15) is 11.9 Å². The topological polar surface area (TPSA) is 69.3 Å². The fourth-order valence-corrected chi connectivity index (χ4v) is 4.18. The van der Waals surface area contributed by atoms with E-state index in [-0.39, 0.29) is 23.8 Å². The second-order valence-corrected chi connectivity index (χ2v) is 7.13. The minimum absolute atomic E-state index is 0.00157. The number of aromatic amines is 1. The van der Waals surface area contributed by atoms with Crippen molar-refractivity contribution in [3.8, 4) is 0 Å². The van der Waals surface area contributed by atoms with E-state index in [4.69, 9.17) is 4.98 Å². The predicted octanol–water partition coefficient (Wildman–Crippen LogP) is 2.28. The van der Waals surface area contributed by atoms with Crippen LogP contribution in [-0.2, 0) is 9.59 Å². The van der Waals surface area contributed by atoms with Gasteiger partial charge in [-0.1, -0.05) is 12.1 Å². The van der Waals surface area contributed by atoms with Gasteiger partial charge in [-0.05, 0) is 37.8 Å². The summed E-state index contributed by atoms with van der Waals surface area (Å²) in [6.07, 6.45) is 3.70. The number of hydrogen-bond acceptors (Lipinski definition) is 3. The maximum atomic E-state index is 13.0. The maximum absolute atomic E-state index is 13.0. The first-order valence-electron chi connectivity index (χ1n) is 9.14. The maximum Gasteiger partial charge on any atom is 0.245 e. The number of rotatable bonds is 2. The van der Waals surface area contributed by atoms with Gasteiger partial charge >= 0.3 is 0 Å². The third-order valence-electron chi connectivity index (χ3n) is 5.47. The highest BCUT2D eigenvalue weighted by Gasteiger charge is 2.37. The summed E-state index contributed by atoms with van der Waals surface area (Å²) in [4.78, 5) is 36.5. The first-order valence-corrected chi connectivity index (χ1v) is 9.14.